The highest BCUT2D eigenvalue weighted by Gasteiger charge is 2.43. The average Bonchev–Trinajstić information content (AvgIpc) is 2.68. The first kappa shape index (κ1) is 17.7. The lowest BCUT2D eigenvalue weighted by molar-refractivity contribution is -0.145. The van der Waals surface area contributed by atoms with Crippen LogP contribution in [0.2, 0.25) is 0 Å². The summed E-state index contributed by atoms with van der Waals surface area (Å²) in [5, 5.41) is 9.83. The van der Waals surface area contributed by atoms with Crippen molar-refractivity contribution in [3.63, 3.8) is 0 Å². The van der Waals surface area contributed by atoms with Gasteiger partial charge in [0.05, 0.1) is 5.41 Å². The fraction of sp³-hybridized carbons (Fsp3) is 0.250. The van der Waals surface area contributed by atoms with Gasteiger partial charge in [0.1, 0.15) is 0 Å². The Morgan fingerprint density at radius 2 is 1.54 bits per heavy atom. The topological polar surface area (TPSA) is 101 Å². The van der Waals surface area contributed by atoms with Crippen LogP contribution in [0.4, 0.5) is 0 Å². The summed E-state index contributed by atoms with van der Waals surface area (Å²) < 4.78 is 0. The van der Waals surface area contributed by atoms with Gasteiger partial charge in [0.2, 0.25) is 5.91 Å². The Kier molecular flexibility index (Phi) is 4.75. The van der Waals surface area contributed by atoms with Gasteiger partial charge >= 0.3 is 5.97 Å². The zero-order valence-corrected chi connectivity index (χ0v) is 14.2. The molecular weight excluding hydrogens is 332 g/mol. The van der Waals surface area contributed by atoms with E-state index in [0.29, 0.717) is 31.5 Å². The molecule has 1 saturated heterocycles. The van der Waals surface area contributed by atoms with Gasteiger partial charge in [-0.1, -0.05) is 36.4 Å². The van der Waals surface area contributed by atoms with E-state index >= 15 is 0 Å². The highest BCUT2D eigenvalue weighted by atomic mass is 16.4. The molecule has 6 heteroatoms. The van der Waals surface area contributed by atoms with E-state index in [9.17, 15) is 19.5 Å². The Hall–Kier alpha value is -3.15. The Morgan fingerprint density at radius 1 is 0.923 bits per heavy atom. The van der Waals surface area contributed by atoms with Crippen molar-refractivity contribution < 1.29 is 19.5 Å². The number of primary amides is 1. The Morgan fingerprint density at radius 3 is 2.12 bits per heavy atom. The number of likely N-dealkylation sites (tertiary alicyclic amines) is 1. The SMILES string of the molecule is NC(=O)c1cccc(C(=O)N2CCC(C(=O)O)(c3ccccc3)CC2)c1. The number of hydrogen-bond donors (Lipinski definition) is 2. The number of hydrogen-bond acceptors (Lipinski definition) is 3. The Bertz CT molecular complexity index is 840. The zero-order valence-electron chi connectivity index (χ0n) is 14.2. The molecule has 26 heavy (non-hydrogen) atoms. The predicted octanol–water partition coefficient (Wildman–Crippen LogP) is 2.04. The smallest absolute Gasteiger partial charge is 0.314 e. The van der Waals surface area contributed by atoms with Crippen LogP contribution in [0.25, 0.3) is 0 Å². The van der Waals surface area contributed by atoms with Crippen LogP contribution in [-0.2, 0) is 10.2 Å². The quantitative estimate of drug-likeness (QED) is 0.879. The van der Waals surface area contributed by atoms with E-state index in [0.717, 1.165) is 5.56 Å². The lowest BCUT2D eigenvalue weighted by Crippen LogP contribution is -2.49. The molecule has 0 aliphatic carbocycles. The minimum atomic E-state index is -0.979. The second-order valence-corrected chi connectivity index (χ2v) is 6.49. The molecule has 0 bridgehead atoms. The van der Waals surface area contributed by atoms with Crippen LogP contribution in [0.15, 0.2) is 54.6 Å². The maximum absolute atomic E-state index is 12.7. The summed E-state index contributed by atoms with van der Waals surface area (Å²) in [7, 11) is 0. The number of carbonyl (C=O) groups is 3. The van der Waals surface area contributed by atoms with Gasteiger partial charge in [0, 0.05) is 24.2 Å². The van der Waals surface area contributed by atoms with Gasteiger partial charge in [0.15, 0.2) is 0 Å². The largest absolute Gasteiger partial charge is 0.481 e. The molecule has 6 nitrogen and oxygen atoms in total. The number of carboxylic acid groups (broad SMARTS) is 1. The molecule has 2 amide bonds. The van der Waals surface area contributed by atoms with Gasteiger partial charge in [-0.2, -0.15) is 0 Å². The Labute approximate surface area is 151 Å². The molecule has 3 N–H and O–H groups in total. The molecule has 1 heterocycles. The number of piperidine rings is 1. The fourth-order valence-electron chi connectivity index (χ4n) is 3.46. The summed E-state index contributed by atoms with van der Waals surface area (Å²) in [5.41, 5.74) is 5.70. The maximum atomic E-state index is 12.7. The third-order valence-corrected chi connectivity index (χ3v) is 5.03. The van der Waals surface area contributed by atoms with Crippen LogP contribution < -0.4 is 5.73 Å². The molecular formula is C20H20N2O4. The zero-order chi connectivity index (χ0) is 18.7. The molecule has 0 aromatic heterocycles. The van der Waals surface area contributed by atoms with E-state index in [4.69, 9.17) is 5.73 Å². The number of amides is 2. The lowest BCUT2D eigenvalue weighted by Gasteiger charge is -2.39. The third kappa shape index (κ3) is 3.18. The van der Waals surface area contributed by atoms with Crippen LogP contribution in [0.3, 0.4) is 0 Å². The number of carboxylic acids is 1. The molecule has 2 aromatic rings. The number of rotatable bonds is 4. The third-order valence-electron chi connectivity index (χ3n) is 5.03. The average molecular weight is 352 g/mol. The van der Waals surface area contributed by atoms with Crippen LogP contribution in [0.5, 0.6) is 0 Å². The molecule has 2 aromatic carbocycles. The van der Waals surface area contributed by atoms with Crippen molar-refractivity contribution in [3.8, 4) is 0 Å². The van der Waals surface area contributed by atoms with Crippen LogP contribution in [0.1, 0.15) is 39.1 Å². The van der Waals surface area contributed by atoms with Crippen molar-refractivity contribution in [1.82, 2.24) is 4.90 Å². The van der Waals surface area contributed by atoms with Crippen LogP contribution in [0, 0.1) is 0 Å². The first-order valence-corrected chi connectivity index (χ1v) is 8.42. The predicted molar refractivity (Wildman–Crippen MR) is 95.9 cm³/mol. The number of carbonyl (C=O) groups excluding carboxylic acids is 2. The molecule has 0 atom stereocenters. The van der Waals surface area contributed by atoms with E-state index < -0.39 is 17.3 Å². The molecule has 134 valence electrons. The Balaban J connectivity index is 1.79. The molecule has 1 aliphatic rings. The monoisotopic (exact) mass is 352 g/mol. The molecule has 3 rings (SSSR count). The van der Waals surface area contributed by atoms with Crippen LogP contribution >= 0.6 is 0 Å². The number of nitrogens with two attached hydrogens (primary N) is 1. The molecule has 0 spiro atoms. The second kappa shape index (κ2) is 7.00. The van der Waals surface area contributed by atoms with Crippen molar-refractivity contribution in [1.29, 1.82) is 0 Å². The summed E-state index contributed by atoms with van der Waals surface area (Å²) >= 11 is 0. The standard InChI is InChI=1S/C20H20N2O4/c21-17(23)14-5-4-6-15(13-14)18(24)22-11-9-20(10-12-22,19(25)26)16-7-2-1-3-8-16/h1-8,13H,9-12H2,(H2,21,23)(H,25,26). The van der Waals surface area contributed by atoms with Gasteiger partial charge in [-0.3, -0.25) is 14.4 Å². The fourth-order valence-corrected chi connectivity index (χ4v) is 3.46. The molecule has 1 fully saturated rings. The molecule has 0 radical (unpaired) electrons. The highest BCUT2D eigenvalue weighted by molar-refractivity contribution is 5.99. The minimum Gasteiger partial charge on any atom is -0.481 e. The maximum Gasteiger partial charge on any atom is 0.314 e. The second-order valence-electron chi connectivity index (χ2n) is 6.49. The number of nitrogens with zero attached hydrogens (tertiary/aromatic N) is 1. The van der Waals surface area contributed by atoms with Crippen molar-refractivity contribution in [2.24, 2.45) is 5.73 Å². The van der Waals surface area contributed by atoms with Gasteiger partial charge in [-0.25, -0.2) is 0 Å². The van der Waals surface area contributed by atoms with E-state index in [1.807, 2.05) is 30.3 Å². The van der Waals surface area contributed by atoms with Crippen LogP contribution in [-0.4, -0.2) is 40.9 Å². The van der Waals surface area contributed by atoms with Crippen molar-refractivity contribution in [2.75, 3.05) is 13.1 Å². The van der Waals surface area contributed by atoms with Crippen molar-refractivity contribution >= 4 is 17.8 Å². The summed E-state index contributed by atoms with van der Waals surface area (Å²) in [6.45, 7) is 0.668. The van der Waals surface area contributed by atoms with Gasteiger partial charge in [0.25, 0.3) is 5.91 Å². The van der Waals surface area contributed by atoms with Gasteiger partial charge in [-0.15, -0.1) is 0 Å². The number of aliphatic carboxylic acids is 1. The van der Waals surface area contributed by atoms with Crippen molar-refractivity contribution in [2.45, 2.75) is 18.3 Å². The van der Waals surface area contributed by atoms with E-state index in [1.54, 1.807) is 23.1 Å². The highest BCUT2D eigenvalue weighted by Crippen LogP contribution is 2.36. The van der Waals surface area contributed by atoms with Gasteiger partial charge in [-0.05, 0) is 36.6 Å². The minimum absolute atomic E-state index is 0.222. The normalized spacial score (nSPS) is 16.1. The summed E-state index contributed by atoms with van der Waals surface area (Å²) in [6.07, 6.45) is 0.682. The van der Waals surface area contributed by atoms with E-state index in [2.05, 4.69) is 0 Å². The lowest BCUT2D eigenvalue weighted by atomic mass is 9.72. The summed E-state index contributed by atoms with van der Waals surface area (Å²) in [6, 6.07) is 15.4. The molecule has 1 aliphatic heterocycles. The summed E-state index contributed by atoms with van der Waals surface area (Å²) in [5.74, 6) is -1.68. The first-order chi connectivity index (χ1) is 12.4. The number of benzene rings is 2. The van der Waals surface area contributed by atoms with Crippen molar-refractivity contribution in [3.05, 3.63) is 71.3 Å². The van der Waals surface area contributed by atoms with E-state index in [-0.39, 0.29) is 11.5 Å². The van der Waals surface area contributed by atoms with Gasteiger partial charge < -0.3 is 15.7 Å². The summed E-state index contributed by atoms with van der Waals surface area (Å²) in [4.78, 5) is 37.6. The first-order valence-electron chi connectivity index (χ1n) is 8.42. The van der Waals surface area contributed by atoms with E-state index in [1.165, 1.54) is 6.07 Å². The molecule has 0 saturated carbocycles. The molecule has 0 unspecified atom stereocenters.